The van der Waals surface area contributed by atoms with Crippen molar-refractivity contribution in [1.29, 1.82) is 0 Å². The van der Waals surface area contributed by atoms with Gasteiger partial charge in [0.25, 0.3) is 5.78 Å². The van der Waals surface area contributed by atoms with Gasteiger partial charge in [-0.05, 0) is 51.5 Å². The lowest BCUT2D eigenvalue weighted by atomic mass is 10.1. The zero-order valence-electron chi connectivity index (χ0n) is 14.9. The molecule has 0 bridgehead atoms. The van der Waals surface area contributed by atoms with Crippen LogP contribution in [0.25, 0.3) is 5.78 Å². The minimum Gasteiger partial charge on any atom is -0.315 e. The number of aryl methyl sites for hydroxylation is 4. The van der Waals surface area contributed by atoms with E-state index in [9.17, 15) is 0 Å². The van der Waals surface area contributed by atoms with Crippen molar-refractivity contribution in [2.45, 2.75) is 40.9 Å². The van der Waals surface area contributed by atoms with Crippen LogP contribution >= 0.6 is 12.2 Å². The Morgan fingerprint density at radius 1 is 1.12 bits per heavy atom. The van der Waals surface area contributed by atoms with Crippen molar-refractivity contribution in [2.75, 3.05) is 7.05 Å². The Hall–Kier alpha value is -2.05. The highest BCUT2D eigenvalue weighted by atomic mass is 32.1. The lowest BCUT2D eigenvalue weighted by Gasteiger charge is -2.15. The van der Waals surface area contributed by atoms with Gasteiger partial charge in [-0.3, -0.25) is 4.40 Å². The molecule has 3 rings (SSSR count). The normalized spacial score (nSPS) is 12.7. The SMILES string of the molecule is Cc1ccc(C[NH+](C)Cn2nc3nc(C)cc(C)n3c2=S)c(C)c1. The topological polar surface area (TPSA) is 39.6 Å². The second-order valence-electron chi connectivity index (χ2n) is 6.68. The van der Waals surface area contributed by atoms with Crippen LogP contribution in [0.5, 0.6) is 0 Å². The third-order valence-corrected chi connectivity index (χ3v) is 4.67. The smallest absolute Gasteiger partial charge is 0.254 e. The standard InChI is InChI=1S/C18H23N5S/c1-12-6-7-16(13(2)8-12)10-21(5)11-22-18(24)23-15(4)9-14(3)19-17(23)20-22/h6-9H,10-11H2,1-5H3/p+1. The summed E-state index contributed by atoms with van der Waals surface area (Å²) in [5.74, 6) is 0.678. The molecule has 126 valence electrons. The first-order chi connectivity index (χ1) is 11.3. The number of hydrogen-bond acceptors (Lipinski definition) is 3. The van der Waals surface area contributed by atoms with E-state index in [-0.39, 0.29) is 0 Å². The van der Waals surface area contributed by atoms with Gasteiger partial charge in [-0.2, -0.15) is 4.68 Å². The summed E-state index contributed by atoms with van der Waals surface area (Å²) in [5.41, 5.74) is 6.02. The molecule has 3 aromatic rings. The van der Waals surface area contributed by atoms with Gasteiger partial charge in [0.1, 0.15) is 6.54 Å². The highest BCUT2D eigenvalue weighted by Gasteiger charge is 2.13. The first-order valence-electron chi connectivity index (χ1n) is 8.16. The molecule has 0 amide bonds. The summed E-state index contributed by atoms with van der Waals surface area (Å²) in [6.45, 7) is 9.96. The molecule has 0 radical (unpaired) electrons. The average Bonchev–Trinajstić information content (AvgIpc) is 2.78. The highest BCUT2D eigenvalue weighted by Crippen LogP contribution is 2.09. The van der Waals surface area contributed by atoms with Crippen molar-refractivity contribution in [1.82, 2.24) is 19.2 Å². The molecule has 5 nitrogen and oxygen atoms in total. The van der Waals surface area contributed by atoms with Crippen molar-refractivity contribution in [3.05, 3.63) is 57.1 Å². The summed E-state index contributed by atoms with van der Waals surface area (Å²) >= 11 is 5.59. The molecule has 1 aromatic carbocycles. The van der Waals surface area contributed by atoms with Gasteiger partial charge >= 0.3 is 0 Å². The first kappa shape index (κ1) is 16.8. The Kier molecular flexibility index (Phi) is 4.51. The Morgan fingerprint density at radius 3 is 2.58 bits per heavy atom. The van der Waals surface area contributed by atoms with E-state index in [1.165, 1.54) is 21.6 Å². The quantitative estimate of drug-likeness (QED) is 0.739. The minimum atomic E-state index is 0.678. The third kappa shape index (κ3) is 3.25. The number of fused-ring (bicyclic) bond motifs is 1. The Labute approximate surface area is 147 Å². The maximum absolute atomic E-state index is 5.59. The van der Waals surface area contributed by atoms with E-state index >= 15 is 0 Å². The predicted molar refractivity (Wildman–Crippen MR) is 97.8 cm³/mol. The summed E-state index contributed by atoms with van der Waals surface area (Å²) in [5, 5.41) is 4.60. The molecule has 0 saturated carbocycles. The van der Waals surface area contributed by atoms with Gasteiger partial charge in [-0.25, -0.2) is 4.98 Å². The molecule has 0 aliphatic carbocycles. The molecule has 0 aliphatic rings. The number of nitrogens with one attached hydrogen (secondary N) is 1. The number of nitrogens with zero attached hydrogens (tertiary/aromatic N) is 4. The van der Waals surface area contributed by atoms with Crippen LogP contribution < -0.4 is 4.90 Å². The van der Waals surface area contributed by atoms with Gasteiger partial charge in [0.2, 0.25) is 4.77 Å². The average molecular weight is 342 g/mol. The summed E-state index contributed by atoms with van der Waals surface area (Å²) in [4.78, 5) is 5.82. The molecule has 0 fully saturated rings. The van der Waals surface area contributed by atoms with Crippen molar-refractivity contribution < 1.29 is 4.90 Å². The van der Waals surface area contributed by atoms with Gasteiger partial charge < -0.3 is 4.90 Å². The molecule has 2 heterocycles. The van der Waals surface area contributed by atoms with Gasteiger partial charge in [0.15, 0.2) is 6.67 Å². The molecule has 24 heavy (non-hydrogen) atoms. The molecule has 2 aromatic heterocycles. The van der Waals surface area contributed by atoms with E-state index in [0.29, 0.717) is 17.2 Å². The van der Waals surface area contributed by atoms with E-state index in [0.717, 1.165) is 17.9 Å². The number of benzene rings is 1. The molecule has 1 atom stereocenters. The third-order valence-electron chi connectivity index (χ3n) is 4.28. The number of quaternary nitrogens is 1. The van der Waals surface area contributed by atoms with E-state index in [4.69, 9.17) is 12.2 Å². The second kappa shape index (κ2) is 6.45. The summed E-state index contributed by atoms with van der Waals surface area (Å²) in [6.07, 6.45) is 0. The Morgan fingerprint density at radius 2 is 1.88 bits per heavy atom. The van der Waals surface area contributed by atoms with Gasteiger partial charge in [0.05, 0.1) is 7.05 Å². The molecule has 6 heteroatoms. The largest absolute Gasteiger partial charge is 0.315 e. The molecular formula is C18H24N5S+. The van der Waals surface area contributed by atoms with Crippen LogP contribution in [-0.4, -0.2) is 26.2 Å². The van der Waals surface area contributed by atoms with Crippen LogP contribution in [-0.2, 0) is 13.2 Å². The molecule has 1 N–H and O–H groups in total. The fourth-order valence-corrected chi connectivity index (χ4v) is 3.45. The van der Waals surface area contributed by atoms with Gasteiger partial charge in [-0.1, -0.05) is 23.8 Å². The van der Waals surface area contributed by atoms with Crippen LogP contribution in [0, 0.1) is 32.5 Å². The molecule has 0 saturated heterocycles. The number of rotatable bonds is 4. The lowest BCUT2D eigenvalue weighted by molar-refractivity contribution is -0.917. The minimum absolute atomic E-state index is 0.678. The highest BCUT2D eigenvalue weighted by molar-refractivity contribution is 7.71. The van der Waals surface area contributed by atoms with Crippen molar-refractivity contribution in [2.24, 2.45) is 0 Å². The van der Waals surface area contributed by atoms with Crippen LogP contribution in [0.2, 0.25) is 0 Å². The Bertz CT molecular complexity index is 954. The van der Waals surface area contributed by atoms with Crippen molar-refractivity contribution >= 4 is 18.0 Å². The van der Waals surface area contributed by atoms with Crippen LogP contribution in [0.1, 0.15) is 28.1 Å². The van der Waals surface area contributed by atoms with Crippen LogP contribution in [0.3, 0.4) is 0 Å². The van der Waals surface area contributed by atoms with E-state index < -0.39 is 0 Å². The van der Waals surface area contributed by atoms with Crippen LogP contribution in [0.15, 0.2) is 24.3 Å². The zero-order chi connectivity index (χ0) is 17.4. The van der Waals surface area contributed by atoms with E-state index in [1.54, 1.807) is 0 Å². The molecule has 0 aliphatic heterocycles. The van der Waals surface area contributed by atoms with Crippen LogP contribution in [0.4, 0.5) is 0 Å². The lowest BCUT2D eigenvalue weighted by Crippen LogP contribution is -3.07. The van der Waals surface area contributed by atoms with E-state index in [1.807, 2.05) is 29.0 Å². The maximum atomic E-state index is 5.59. The molecular weight excluding hydrogens is 318 g/mol. The van der Waals surface area contributed by atoms with Crippen molar-refractivity contribution in [3.8, 4) is 0 Å². The predicted octanol–water partition coefficient (Wildman–Crippen LogP) is 2.17. The fraction of sp³-hybridized carbons (Fsp3) is 0.389. The molecule has 1 unspecified atom stereocenters. The van der Waals surface area contributed by atoms with Gasteiger partial charge in [-0.15, -0.1) is 5.10 Å². The fourth-order valence-electron chi connectivity index (χ4n) is 3.12. The number of aromatic nitrogens is 4. The van der Waals surface area contributed by atoms with Gasteiger partial charge in [0, 0.05) is 17.0 Å². The number of hydrogen-bond donors (Lipinski definition) is 1. The first-order valence-corrected chi connectivity index (χ1v) is 8.57. The van der Waals surface area contributed by atoms with E-state index in [2.05, 4.69) is 49.2 Å². The maximum Gasteiger partial charge on any atom is 0.254 e. The second-order valence-corrected chi connectivity index (χ2v) is 7.04. The monoisotopic (exact) mass is 342 g/mol. The summed E-state index contributed by atoms with van der Waals surface area (Å²) in [6, 6.07) is 8.64. The summed E-state index contributed by atoms with van der Waals surface area (Å²) < 4.78 is 4.52. The summed E-state index contributed by atoms with van der Waals surface area (Å²) in [7, 11) is 2.16. The Balaban J connectivity index is 1.85. The molecule has 0 spiro atoms. The van der Waals surface area contributed by atoms with Crippen molar-refractivity contribution in [3.63, 3.8) is 0 Å². The zero-order valence-corrected chi connectivity index (χ0v) is 15.7.